The van der Waals surface area contributed by atoms with Gasteiger partial charge in [0.05, 0.1) is 6.42 Å². The van der Waals surface area contributed by atoms with E-state index in [1.54, 1.807) is 0 Å². The summed E-state index contributed by atoms with van der Waals surface area (Å²) in [4.78, 5) is 22.3. The Morgan fingerprint density at radius 2 is 1.85 bits per heavy atom. The smallest absolute Gasteiger partial charge is 0.319 e. The van der Waals surface area contributed by atoms with E-state index in [-0.39, 0.29) is 12.1 Å². The molecule has 1 rings (SSSR count). The number of carbonyl (C=O) groups excluding carboxylic acids is 1. The number of rotatable bonds is 6. The Hall–Kier alpha value is -2.18. The second-order valence-corrected chi connectivity index (χ2v) is 4.34. The number of hydrogen-bond acceptors (Lipinski definition) is 2. The third kappa shape index (κ3) is 5.64. The van der Waals surface area contributed by atoms with Crippen molar-refractivity contribution in [3.05, 3.63) is 29.8 Å². The van der Waals surface area contributed by atoms with Gasteiger partial charge in [0, 0.05) is 17.8 Å². The van der Waals surface area contributed by atoms with Gasteiger partial charge in [0.25, 0.3) is 0 Å². The van der Waals surface area contributed by atoms with E-state index in [9.17, 15) is 18.4 Å². The highest BCUT2D eigenvalue weighted by molar-refractivity contribution is 5.89. The first kappa shape index (κ1) is 15.9. The summed E-state index contributed by atoms with van der Waals surface area (Å²) in [7, 11) is 0. The Bertz CT molecular complexity index is 474. The standard InChI is InChI=1S/C13H16F2N2O3/c1-2-3-10(7-12(18)19)16-13(20)17-11-5-8(14)4-9(15)6-11/h4-6,10H,2-3,7H2,1H3,(H,18,19)(H2,16,17,20). The fourth-order valence-corrected chi connectivity index (χ4v) is 1.76. The Morgan fingerprint density at radius 1 is 1.25 bits per heavy atom. The molecule has 2 amide bonds. The molecule has 1 unspecified atom stereocenters. The van der Waals surface area contributed by atoms with Gasteiger partial charge in [-0.2, -0.15) is 0 Å². The third-order valence-corrected chi connectivity index (χ3v) is 2.51. The molecule has 0 radical (unpaired) electrons. The van der Waals surface area contributed by atoms with Crippen molar-refractivity contribution in [3.63, 3.8) is 0 Å². The molecule has 0 bridgehead atoms. The molecule has 1 aromatic rings. The number of amides is 2. The van der Waals surface area contributed by atoms with Crippen LogP contribution < -0.4 is 10.6 Å². The van der Waals surface area contributed by atoms with Crippen LogP contribution in [0, 0.1) is 11.6 Å². The van der Waals surface area contributed by atoms with E-state index in [1.807, 2.05) is 6.92 Å². The topological polar surface area (TPSA) is 78.4 Å². The second-order valence-electron chi connectivity index (χ2n) is 4.34. The molecule has 1 aromatic carbocycles. The van der Waals surface area contributed by atoms with Gasteiger partial charge in [0.15, 0.2) is 0 Å². The van der Waals surface area contributed by atoms with Crippen molar-refractivity contribution < 1.29 is 23.5 Å². The van der Waals surface area contributed by atoms with Crippen LogP contribution in [0.4, 0.5) is 19.3 Å². The molecule has 5 nitrogen and oxygen atoms in total. The summed E-state index contributed by atoms with van der Waals surface area (Å²) in [5, 5.41) is 13.4. The van der Waals surface area contributed by atoms with Crippen LogP contribution in [0.2, 0.25) is 0 Å². The highest BCUT2D eigenvalue weighted by Gasteiger charge is 2.15. The van der Waals surface area contributed by atoms with E-state index in [4.69, 9.17) is 5.11 Å². The summed E-state index contributed by atoms with van der Waals surface area (Å²) < 4.78 is 25.9. The monoisotopic (exact) mass is 286 g/mol. The molecule has 0 aromatic heterocycles. The fraction of sp³-hybridized carbons (Fsp3) is 0.385. The first-order valence-corrected chi connectivity index (χ1v) is 6.16. The number of urea groups is 1. The quantitative estimate of drug-likeness (QED) is 0.752. The molecule has 0 spiro atoms. The number of anilines is 1. The van der Waals surface area contributed by atoms with E-state index >= 15 is 0 Å². The Kier molecular flexibility index (Phi) is 5.89. The molecule has 0 fully saturated rings. The third-order valence-electron chi connectivity index (χ3n) is 2.51. The van der Waals surface area contributed by atoms with Crippen molar-refractivity contribution in [2.24, 2.45) is 0 Å². The van der Waals surface area contributed by atoms with Crippen molar-refractivity contribution in [3.8, 4) is 0 Å². The number of halogens is 2. The number of aliphatic carboxylic acids is 1. The molecular weight excluding hydrogens is 270 g/mol. The average Bonchev–Trinajstić information content (AvgIpc) is 2.26. The molecule has 7 heteroatoms. The minimum Gasteiger partial charge on any atom is -0.481 e. The molecule has 0 saturated heterocycles. The molecule has 0 aliphatic heterocycles. The van der Waals surface area contributed by atoms with Gasteiger partial charge in [-0.1, -0.05) is 13.3 Å². The number of carboxylic acids is 1. The number of nitrogens with one attached hydrogen (secondary N) is 2. The van der Waals surface area contributed by atoms with E-state index in [2.05, 4.69) is 10.6 Å². The maximum Gasteiger partial charge on any atom is 0.319 e. The zero-order chi connectivity index (χ0) is 15.1. The molecule has 0 aliphatic carbocycles. The summed E-state index contributed by atoms with van der Waals surface area (Å²) in [5.41, 5.74) is -0.0365. The number of benzene rings is 1. The molecule has 1 atom stereocenters. The highest BCUT2D eigenvalue weighted by Crippen LogP contribution is 2.13. The van der Waals surface area contributed by atoms with Crippen LogP contribution in [0.15, 0.2) is 18.2 Å². The maximum absolute atomic E-state index is 12.9. The second kappa shape index (κ2) is 7.42. The van der Waals surface area contributed by atoms with Crippen LogP contribution in [0.5, 0.6) is 0 Å². The van der Waals surface area contributed by atoms with Gasteiger partial charge in [-0.15, -0.1) is 0 Å². The molecule has 0 saturated carbocycles. The van der Waals surface area contributed by atoms with Gasteiger partial charge in [0.2, 0.25) is 0 Å². The van der Waals surface area contributed by atoms with Gasteiger partial charge in [-0.25, -0.2) is 13.6 Å². The van der Waals surface area contributed by atoms with E-state index in [0.29, 0.717) is 18.9 Å². The van der Waals surface area contributed by atoms with E-state index in [1.165, 1.54) is 0 Å². The average molecular weight is 286 g/mol. The molecule has 20 heavy (non-hydrogen) atoms. The largest absolute Gasteiger partial charge is 0.481 e. The number of carboxylic acid groups (broad SMARTS) is 1. The summed E-state index contributed by atoms with van der Waals surface area (Å²) in [5.74, 6) is -2.65. The highest BCUT2D eigenvalue weighted by atomic mass is 19.1. The van der Waals surface area contributed by atoms with Gasteiger partial charge in [0.1, 0.15) is 11.6 Å². The predicted octanol–water partition coefficient (Wildman–Crippen LogP) is 2.73. The van der Waals surface area contributed by atoms with Gasteiger partial charge >= 0.3 is 12.0 Å². The first-order chi connectivity index (χ1) is 9.40. The van der Waals surface area contributed by atoms with E-state index < -0.39 is 29.7 Å². The van der Waals surface area contributed by atoms with Gasteiger partial charge in [-0.05, 0) is 18.6 Å². The lowest BCUT2D eigenvalue weighted by atomic mass is 10.1. The molecular formula is C13H16F2N2O3. The fourth-order valence-electron chi connectivity index (χ4n) is 1.76. The van der Waals surface area contributed by atoms with Crippen LogP contribution in [-0.4, -0.2) is 23.1 Å². The van der Waals surface area contributed by atoms with Gasteiger partial charge < -0.3 is 15.7 Å². The lowest BCUT2D eigenvalue weighted by molar-refractivity contribution is -0.137. The van der Waals surface area contributed by atoms with Crippen LogP contribution in [0.3, 0.4) is 0 Å². The molecule has 110 valence electrons. The summed E-state index contributed by atoms with van der Waals surface area (Å²) in [6.07, 6.45) is 0.989. The zero-order valence-corrected chi connectivity index (χ0v) is 11.0. The minimum atomic E-state index is -1.03. The molecule has 0 heterocycles. The summed E-state index contributed by atoms with van der Waals surface area (Å²) >= 11 is 0. The summed E-state index contributed by atoms with van der Waals surface area (Å²) in [6, 6.07) is 1.39. The Labute approximate surface area is 115 Å². The number of carbonyl (C=O) groups is 2. The van der Waals surface area contributed by atoms with Crippen molar-refractivity contribution in [2.45, 2.75) is 32.2 Å². The molecule has 0 aliphatic rings. The van der Waals surface area contributed by atoms with Crippen molar-refractivity contribution >= 4 is 17.7 Å². The SMILES string of the molecule is CCCC(CC(=O)O)NC(=O)Nc1cc(F)cc(F)c1. The van der Waals surface area contributed by atoms with Gasteiger partial charge in [-0.3, -0.25) is 4.79 Å². The zero-order valence-electron chi connectivity index (χ0n) is 11.0. The minimum absolute atomic E-state index is 0.0365. The van der Waals surface area contributed by atoms with Crippen LogP contribution >= 0.6 is 0 Å². The number of hydrogen-bond donors (Lipinski definition) is 3. The Balaban J connectivity index is 2.62. The van der Waals surface area contributed by atoms with Crippen LogP contribution in [0.1, 0.15) is 26.2 Å². The molecule has 3 N–H and O–H groups in total. The lowest BCUT2D eigenvalue weighted by Gasteiger charge is -2.16. The first-order valence-electron chi connectivity index (χ1n) is 6.16. The predicted molar refractivity (Wildman–Crippen MR) is 69.5 cm³/mol. The van der Waals surface area contributed by atoms with Crippen molar-refractivity contribution in [1.29, 1.82) is 0 Å². The van der Waals surface area contributed by atoms with Crippen molar-refractivity contribution in [2.75, 3.05) is 5.32 Å². The Morgan fingerprint density at radius 3 is 2.35 bits per heavy atom. The van der Waals surface area contributed by atoms with Crippen LogP contribution in [-0.2, 0) is 4.79 Å². The summed E-state index contributed by atoms with van der Waals surface area (Å²) in [6.45, 7) is 1.86. The maximum atomic E-state index is 12.9. The normalized spacial score (nSPS) is 11.8. The lowest BCUT2D eigenvalue weighted by Crippen LogP contribution is -2.39. The van der Waals surface area contributed by atoms with Crippen LogP contribution in [0.25, 0.3) is 0 Å². The van der Waals surface area contributed by atoms with E-state index in [0.717, 1.165) is 12.1 Å². The van der Waals surface area contributed by atoms with Crippen molar-refractivity contribution in [1.82, 2.24) is 5.32 Å².